The van der Waals surface area contributed by atoms with Crippen molar-refractivity contribution < 1.29 is 25.2 Å². The van der Waals surface area contributed by atoms with Crippen LogP contribution in [-0.4, -0.2) is 27.0 Å². The Morgan fingerprint density at radius 3 is 2.45 bits per heavy atom. The van der Waals surface area contributed by atoms with Crippen molar-refractivity contribution in [2.45, 2.75) is 13.0 Å². The van der Waals surface area contributed by atoms with Crippen LogP contribution in [0, 0.1) is 0 Å². The van der Waals surface area contributed by atoms with E-state index >= 15 is 0 Å². The van der Waals surface area contributed by atoms with Crippen molar-refractivity contribution >= 4 is 6.08 Å². The highest BCUT2D eigenvalue weighted by molar-refractivity contribution is 5.59. The lowest BCUT2D eigenvalue weighted by atomic mass is 10.1. The molecule has 0 aliphatic rings. The Bertz CT molecular complexity index is 679. The predicted molar refractivity (Wildman–Crippen MR) is 83.0 cm³/mol. The topological polar surface area (TPSA) is 90.2 Å². The van der Waals surface area contributed by atoms with Crippen molar-refractivity contribution in [2.75, 3.05) is 6.61 Å². The fourth-order valence-corrected chi connectivity index (χ4v) is 2.00. The Hall–Kier alpha value is -2.66. The number of rotatable bonds is 5. The Morgan fingerprint density at radius 1 is 1.05 bits per heavy atom. The quantitative estimate of drug-likeness (QED) is 0.682. The smallest absolute Gasteiger partial charge is 0.126 e. The van der Waals surface area contributed by atoms with Gasteiger partial charge >= 0.3 is 0 Å². The summed E-state index contributed by atoms with van der Waals surface area (Å²) in [4.78, 5) is 0. The highest BCUT2D eigenvalue weighted by atomic mass is 16.5. The summed E-state index contributed by atoms with van der Waals surface area (Å²) in [6.45, 7) is 2.33. The van der Waals surface area contributed by atoms with E-state index in [1.807, 2.05) is 6.92 Å². The summed E-state index contributed by atoms with van der Waals surface area (Å²) in [6, 6.07) is 8.83. The molecule has 0 saturated carbocycles. The summed E-state index contributed by atoms with van der Waals surface area (Å²) in [5.41, 5.74) is 0.778. The first-order chi connectivity index (χ1) is 10.5. The first-order valence-corrected chi connectivity index (χ1v) is 6.85. The van der Waals surface area contributed by atoms with Crippen molar-refractivity contribution in [3.8, 4) is 23.0 Å². The van der Waals surface area contributed by atoms with Gasteiger partial charge in [-0.2, -0.15) is 0 Å². The van der Waals surface area contributed by atoms with Crippen LogP contribution < -0.4 is 4.74 Å². The summed E-state index contributed by atoms with van der Waals surface area (Å²) >= 11 is 0. The second kappa shape index (κ2) is 6.87. The summed E-state index contributed by atoms with van der Waals surface area (Å²) in [5, 5.41) is 38.9. The maximum absolute atomic E-state index is 10.1. The van der Waals surface area contributed by atoms with E-state index in [4.69, 9.17) is 4.74 Å². The molecule has 2 aromatic rings. The highest BCUT2D eigenvalue weighted by Crippen LogP contribution is 2.30. The molecular weight excluding hydrogens is 284 g/mol. The second-order valence-corrected chi connectivity index (χ2v) is 4.70. The summed E-state index contributed by atoms with van der Waals surface area (Å²) in [7, 11) is 0. The van der Waals surface area contributed by atoms with Gasteiger partial charge in [0, 0.05) is 23.3 Å². The number of phenols is 3. The summed E-state index contributed by atoms with van der Waals surface area (Å²) in [6.07, 6.45) is 1.90. The van der Waals surface area contributed by atoms with Gasteiger partial charge in [0.1, 0.15) is 29.1 Å². The third-order valence-corrected chi connectivity index (χ3v) is 3.10. The number of phenolic OH excluding ortho intramolecular Hbond substituents is 3. The molecule has 2 rings (SSSR count). The van der Waals surface area contributed by atoms with Gasteiger partial charge in [0.2, 0.25) is 0 Å². The van der Waals surface area contributed by atoms with Crippen LogP contribution in [-0.2, 0) is 0 Å². The third kappa shape index (κ3) is 3.71. The van der Waals surface area contributed by atoms with Crippen LogP contribution in [0.5, 0.6) is 23.0 Å². The molecule has 1 atom stereocenters. The molecule has 22 heavy (non-hydrogen) atoms. The standard InChI is InChI=1S/C17H18O5/c1-2-22-13-6-7-14(17(21)10-13)15(19)8-4-11-3-5-12(18)9-16(11)20/h3-10,15,18-21H,2H2,1H3. The molecular formula is C17H18O5. The monoisotopic (exact) mass is 302 g/mol. The minimum atomic E-state index is -1.04. The Kier molecular flexibility index (Phi) is 4.91. The zero-order chi connectivity index (χ0) is 16.1. The fraction of sp³-hybridized carbons (Fsp3) is 0.176. The molecule has 116 valence electrons. The lowest BCUT2D eigenvalue weighted by molar-refractivity contribution is 0.224. The van der Waals surface area contributed by atoms with E-state index in [0.29, 0.717) is 23.5 Å². The average Bonchev–Trinajstić information content (AvgIpc) is 2.46. The number of aliphatic hydroxyl groups is 1. The Morgan fingerprint density at radius 2 is 1.82 bits per heavy atom. The van der Waals surface area contributed by atoms with Crippen LogP contribution in [0.4, 0.5) is 0 Å². The van der Waals surface area contributed by atoms with Crippen LogP contribution in [0.25, 0.3) is 6.08 Å². The van der Waals surface area contributed by atoms with Crippen molar-refractivity contribution in [1.82, 2.24) is 0 Å². The second-order valence-electron chi connectivity index (χ2n) is 4.70. The highest BCUT2D eigenvalue weighted by Gasteiger charge is 2.10. The first kappa shape index (κ1) is 15.7. The van der Waals surface area contributed by atoms with Gasteiger partial charge in [0.25, 0.3) is 0 Å². The third-order valence-electron chi connectivity index (χ3n) is 3.10. The summed E-state index contributed by atoms with van der Waals surface area (Å²) in [5.74, 6) is 0.313. The number of benzene rings is 2. The molecule has 0 aromatic heterocycles. The molecule has 0 bridgehead atoms. The van der Waals surface area contributed by atoms with E-state index in [9.17, 15) is 20.4 Å². The molecule has 0 amide bonds. The van der Waals surface area contributed by atoms with E-state index in [1.165, 1.54) is 36.4 Å². The number of aromatic hydroxyl groups is 3. The van der Waals surface area contributed by atoms with Crippen LogP contribution in [0.1, 0.15) is 24.2 Å². The molecule has 0 aliphatic heterocycles. The number of hydrogen-bond acceptors (Lipinski definition) is 5. The molecule has 0 heterocycles. The fourth-order valence-electron chi connectivity index (χ4n) is 2.00. The zero-order valence-corrected chi connectivity index (χ0v) is 12.1. The minimum absolute atomic E-state index is 0.0423. The van der Waals surface area contributed by atoms with Gasteiger partial charge in [0.05, 0.1) is 6.61 Å². The first-order valence-electron chi connectivity index (χ1n) is 6.85. The lowest BCUT2D eigenvalue weighted by Crippen LogP contribution is -1.96. The molecule has 0 saturated heterocycles. The van der Waals surface area contributed by atoms with Crippen LogP contribution in [0.2, 0.25) is 0 Å². The van der Waals surface area contributed by atoms with E-state index in [1.54, 1.807) is 12.1 Å². The molecule has 1 unspecified atom stereocenters. The molecule has 5 nitrogen and oxygen atoms in total. The minimum Gasteiger partial charge on any atom is -0.508 e. The van der Waals surface area contributed by atoms with Gasteiger partial charge in [-0.1, -0.05) is 12.2 Å². The van der Waals surface area contributed by atoms with Crippen molar-refractivity contribution in [2.24, 2.45) is 0 Å². The van der Waals surface area contributed by atoms with Gasteiger partial charge in [-0.3, -0.25) is 0 Å². The van der Waals surface area contributed by atoms with E-state index in [-0.39, 0.29) is 17.2 Å². The molecule has 4 N–H and O–H groups in total. The zero-order valence-electron chi connectivity index (χ0n) is 12.1. The van der Waals surface area contributed by atoms with Crippen LogP contribution >= 0.6 is 0 Å². The van der Waals surface area contributed by atoms with Gasteiger partial charge in [-0.15, -0.1) is 0 Å². The molecule has 0 fully saturated rings. The maximum Gasteiger partial charge on any atom is 0.126 e. The Balaban J connectivity index is 2.17. The van der Waals surface area contributed by atoms with Gasteiger partial charge < -0.3 is 25.2 Å². The molecule has 2 aromatic carbocycles. The van der Waals surface area contributed by atoms with Crippen LogP contribution in [0.3, 0.4) is 0 Å². The van der Waals surface area contributed by atoms with E-state index in [2.05, 4.69) is 0 Å². The average molecular weight is 302 g/mol. The van der Waals surface area contributed by atoms with E-state index in [0.717, 1.165) is 0 Å². The SMILES string of the molecule is CCOc1ccc(C(O)C=Cc2ccc(O)cc2O)c(O)c1. The Labute approximate surface area is 128 Å². The summed E-state index contributed by atoms with van der Waals surface area (Å²) < 4.78 is 5.26. The van der Waals surface area contributed by atoms with Gasteiger partial charge in [-0.05, 0) is 31.2 Å². The van der Waals surface area contributed by atoms with Crippen LogP contribution in [0.15, 0.2) is 42.5 Å². The van der Waals surface area contributed by atoms with Crippen molar-refractivity contribution in [1.29, 1.82) is 0 Å². The molecule has 0 spiro atoms. The van der Waals surface area contributed by atoms with Crippen molar-refractivity contribution in [3.63, 3.8) is 0 Å². The molecule has 5 heteroatoms. The largest absolute Gasteiger partial charge is 0.508 e. The van der Waals surface area contributed by atoms with Gasteiger partial charge in [0.15, 0.2) is 0 Å². The molecule has 0 aliphatic carbocycles. The number of ether oxygens (including phenoxy) is 1. The maximum atomic E-state index is 10.1. The normalized spacial score (nSPS) is 12.5. The van der Waals surface area contributed by atoms with Gasteiger partial charge in [-0.25, -0.2) is 0 Å². The number of aliphatic hydroxyl groups excluding tert-OH is 1. The molecule has 0 radical (unpaired) electrons. The van der Waals surface area contributed by atoms with E-state index < -0.39 is 6.10 Å². The lowest BCUT2D eigenvalue weighted by Gasteiger charge is -2.11. The predicted octanol–water partition coefficient (Wildman–Crippen LogP) is 2.95. The number of hydrogen-bond donors (Lipinski definition) is 4. The van der Waals surface area contributed by atoms with Crippen molar-refractivity contribution in [3.05, 3.63) is 53.6 Å².